The van der Waals surface area contributed by atoms with Crippen molar-refractivity contribution in [2.75, 3.05) is 13.2 Å². The molecule has 1 aliphatic heterocycles. The first-order chi connectivity index (χ1) is 6.29. The van der Waals surface area contributed by atoms with Gasteiger partial charge < -0.3 is 9.84 Å². The fourth-order valence-corrected chi connectivity index (χ4v) is 1.95. The van der Waals surface area contributed by atoms with Crippen LogP contribution in [-0.4, -0.2) is 18.3 Å². The zero-order valence-corrected chi connectivity index (χ0v) is 8.75. The maximum Gasteiger partial charge on any atom is 0.122 e. The third-order valence-electron chi connectivity index (χ3n) is 2.26. The van der Waals surface area contributed by atoms with Gasteiger partial charge in [0.25, 0.3) is 0 Å². The molecule has 1 heterocycles. The maximum absolute atomic E-state index is 8.99. The van der Waals surface area contributed by atoms with Crippen molar-refractivity contribution in [2.24, 2.45) is 5.92 Å². The molecule has 0 saturated heterocycles. The summed E-state index contributed by atoms with van der Waals surface area (Å²) in [5.41, 5.74) is 1.18. The van der Waals surface area contributed by atoms with E-state index in [1.54, 1.807) is 0 Å². The lowest BCUT2D eigenvalue weighted by molar-refractivity contribution is 0.147. The smallest absolute Gasteiger partial charge is 0.122 e. The Labute approximate surface area is 85.7 Å². The number of halogens is 1. The van der Waals surface area contributed by atoms with Gasteiger partial charge in [-0.1, -0.05) is 15.9 Å². The molecule has 0 spiro atoms. The van der Waals surface area contributed by atoms with Crippen LogP contribution in [0.15, 0.2) is 22.7 Å². The number of aliphatic hydroxyl groups excluding tert-OH is 1. The summed E-state index contributed by atoms with van der Waals surface area (Å²) in [5.74, 6) is 1.20. The van der Waals surface area contributed by atoms with E-state index in [0.717, 1.165) is 16.6 Å². The highest BCUT2D eigenvalue weighted by molar-refractivity contribution is 9.10. The summed E-state index contributed by atoms with van der Waals surface area (Å²) in [4.78, 5) is 0. The predicted molar refractivity (Wildman–Crippen MR) is 53.9 cm³/mol. The highest BCUT2D eigenvalue weighted by Crippen LogP contribution is 2.29. The van der Waals surface area contributed by atoms with Crippen molar-refractivity contribution in [1.29, 1.82) is 0 Å². The molecule has 0 radical (unpaired) electrons. The molecule has 70 valence electrons. The lowest BCUT2D eigenvalue weighted by Crippen LogP contribution is -2.23. The van der Waals surface area contributed by atoms with Gasteiger partial charge in [-0.05, 0) is 30.2 Å². The van der Waals surface area contributed by atoms with Crippen molar-refractivity contribution in [3.63, 3.8) is 0 Å². The summed E-state index contributed by atoms with van der Waals surface area (Å²) in [6.45, 7) is 0.830. The lowest BCUT2D eigenvalue weighted by atomic mass is 9.98. The van der Waals surface area contributed by atoms with Crippen LogP contribution in [0.25, 0.3) is 0 Å². The van der Waals surface area contributed by atoms with Gasteiger partial charge in [0.15, 0.2) is 0 Å². The Morgan fingerprint density at radius 3 is 3.15 bits per heavy atom. The monoisotopic (exact) mass is 242 g/mol. The van der Waals surface area contributed by atoms with Gasteiger partial charge in [-0.25, -0.2) is 0 Å². The van der Waals surface area contributed by atoms with E-state index < -0.39 is 0 Å². The molecule has 1 aliphatic rings. The summed E-state index contributed by atoms with van der Waals surface area (Å²) in [6, 6.07) is 5.99. The van der Waals surface area contributed by atoms with Gasteiger partial charge in [0, 0.05) is 17.0 Å². The maximum atomic E-state index is 8.99. The summed E-state index contributed by atoms with van der Waals surface area (Å²) >= 11 is 3.41. The Hall–Kier alpha value is -0.540. The predicted octanol–water partition coefficient (Wildman–Crippen LogP) is 1.99. The fourth-order valence-electron chi connectivity index (χ4n) is 1.54. The number of hydrogen-bond acceptors (Lipinski definition) is 2. The minimum absolute atomic E-state index is 0.200. The van der Waals surface area contributed by atoms with Crippen molar-refractivity contribution in [3.05, 3.63) is 28.2 Å². The van der Waals surface area contributed by atoms with E-state index in [1.165, 1.54) is 5.56 Å². The Kier molecular flexibility index (Phi) is 2.56. The van der Waals surface area contributed by atoms with E-state index in [9.17, 15) is 0 Å². The molecule has 0 bridgehead atoms. The molecule has 13 heavy (non-hydrogen) atoms. The Morgan fingerprint density at radius 2 is 2.38 bits per heavy atom. The average molecular weight is 243 g/mol. The minimum atomic E-state index is 0.200. The fraction of sp³-hybridized carbons (Fsp3) is 0.400. The van der Waals surface area contributed by atoms with Crippen molar-refractivity contribution < 1.29 is 9.84 Å². The third kappa shape index (κ3) is 1.86. The lowest BCUT2D eigenvalue weighted by Gasteiger charge is -2.23. The van der Waals surface area contributed by atoms with Crippen molar-refractivity contribution in [1.82, 2.24) is 0 Å². The normalized spacial score (nSPS) is 20.6. The molecule has 1 atom stereocenters. The van der Waals surface area contributed by atoms with E-state index in [1.807, 2.05) is 12.1 Å². The number of fused-ring (bicyclic) bond motifs is 1. The van der Waals surface area contributed by atoms with E-state index in [-0.39, 0.29) is 12.5 Å². The van der Waals surface area contributed by atoms with Crippen LogP contribution in [0.5, 0.6) is 5.75 Å². The molecule has 3 heteroatoms. The third-order valence-corrected chi connectivity index (χ3v) is 2.76. The topological polar surface area (TPSA) is 29.5 Å². The van der Waals surface area contributed by atoms with Crippen molar-refractivity contribution in [2.45, 2.75) is 6.42 Å². The summed E-state index contributed by atoms with van der Waals surface area (Å²) in [6.07, 6.45) is 0.908. The standard InChI is InChI=1S/C10H11BrO2/c11-9-1-2-10-8(4-9)3-7(5-12)6-13-10/h1-2,4,7,12H,3,5-6H2/t7-/m0/s1. The molecule has 2 nitrogen and oxygen atoms in total. The molecule has 1 aromatic rings. The van der Waals surface area contributed by atoms with Crippen molar-refractivity contribution >= 4 is 15.9 Å². The van der Waals surface area contributed by atoms with Gasteiger partial charge in [-0.3, -0.25) is 0 Å². The zero-order chi connectivity index (χ0) is 9.26. The Morgan fingerprint density at radius 1 is 1.54 bits per heavy atom. The number of ether oxygens (including phenoxy) is 1. The quantitative estimate of drug-likeness (QED) is 0.817. The van der Waals surface area contributed by atoms with Crippen LogP contribution in [0, 0.1) is 5.92 Å². The van der Waals surface area contributed by atoms with Crippen molar-refractivity contribution in [3.8, 4) is 5.75 Å². The molecule has 0 unspecified atom stereocenters. The molecule has 0 fully saturated rings. The molecule has 0 aliphatic carbocycles. The molecule has 0 amide bonds. The molecule has 0 saturated carbocycles. The van der Waals surface area contributed by atoms with Gasteiger partial charge >= 0.3 is 0 Å². The summed E-state index contributed by atoms with van der Waals surface area (Å²) in [5, 5.41) is 8.99. The van der Waals surface area contributed by atoms with Gasteiger partial charge in [0.1, 0.15) is 5.75 Å². The number of hydrogen-bond donors (Lipinski definition) is 1. The second kappa shape index (κ2) is 3.68. The second-order valence-corrected chi connectivity index (χ2v) is 4.23. The number of benzene rings is 1. The number of aliphatic hydroxyl groups is 1. The summed E-state index contributed by atoms with van der Waals surface area (Å²) < 4.78 is 6.56. The first-order valence-electron chi connectivity index (χ1n) is 4.31. The molecular weight excluding hydrogens is 232 g/mol. The van der Waals surface area contributed by atoms with Gasteiger partial charge in [0.05, 0.1) is 6.61 Å². The van der Waals surface area contributed by atoms with Crippen LogP contribution in [-0.2, 0) is 6.42 Å². The van der Waals surface area contributed by atoms with Gasteiger partial charge in [0.2, 0.25) is 0 Å². The highest BCUT2D eigenvalue weighted by Gasteiger charge is 2.18. The van der Waals surface area contributed by atoms with Crippen LogP contribution >= 0.6 is 15.9 Å². The van der Waals surface area contributed by atoms with E-state index in [0.29, 0.717) is 6.61 Å². The van der Waals surface area contributed by atoms with E-state index >= 15 is 0 Å². The van der Waals surface area contributed by atoms with Gasteiger partial charge in [-0.15, -0.1) is 0 Å². The number of rotatable bonds is 1. The average Bonchev–Trinajstić information content (AvgIpc) is 2.16. The SMILES string of the molecule is OC[C@H]1COc2ccc(Br)cc2C1. The first-order valence-corrected chi connectivity index (χ1v) is 5.11. The molecule has 0 aromatic heterocycles. The highest BCUT2D eigenvalue weighted by atomic mass is 79.9. The summed E-state index contributed by atoms with van der Waals surface area (Å²) in [7, 11) is 0. The second-order valence-electron chi connectivity index (χ2n) is 3.32. The Bertz CT molecular complexity index is 312. The molecule has 1 N–H and O–H groups in total. The van der Waals surface area contributed by atoms with Crippen LogP contribution in [0.2, 0.25) is 0 Å². The van der Waals surface area contributed by atoms with Crippen LogP contribution in [0.3, 0.4) is 0 Å². The molecular formula is C10H11BrO2. The first kappa shape index (κ1) is 9.03. The molecule has 1 aromatic carbocycles. The molecule has 2 rings (SSSR count). The zero-order valence-electron chi connectivity index (χ0n) is 7.16. The Balaban J connectivity index is 2.27. The van der Waals surface area contributed by atoms with E-state index in [4.69, 9.17) is 9.84 Å². The van der Waals surface area contributed by atoms with Gasteiger partial charge in [-0.2, -0.15) is 0 Å². The van der Waals surface area contributed by atoms with Crippen LogP contribution in [0.4, 0.5) is 0 Å². The van der Waals surface area contributed by atoms with Crippen LogP contribution in [0.1, 0.15) is 5.56 Å². The largest absolute Gasteiger partial charge is 0.493 e. The minimum Gasteiger partial charge on any atom is -0.493 e. The van der Waals surface area contributed by atoms with E-state index in [2.05, 4.69) is 22.0 Å². The van der Waals surface area contributed by atoms with Crippen LogP contribution < -0.4 is 4.74 Å².